The van der Waals surface area contributed by atoms with Crippen molar-refractivity contribution >= 4 is 17.3 Å². The van der Waals surface area contributed by atoms with Crippen LogP contribution in [0.1, 0.15) is 17.3 Å². The SMILES string of the molecule is CCN1C[C@H](CN(C)C(=O)c2cc3c(cc2[N+](=O)[O-])OCCO3)Oc2ccccc21. The van der Waals surface area contributed by atoms with Gasteiger partial charge in [-0.25, -0.2) is 0 Å². The van der Waals surface area contributed by atoms with Crippen molar-refractivity contribution < 1.29 is 23.9 Å². The van der Waals surface area contributed by atoms with Crippen molar-refractivity contribution in [1.82, 2.24) is 4.90 Å². The van der Waals surface area contributed by atoms with E-state index < -0.39 is 10.8 Å². The molecule has 0 N–H and O–H groups in total. The summed E-state index contributed by atoms with van der Waals surface area (Å²) < 4.78 is 17.0. The summed E-state index contributed by atoms with van der Waals surface area (Å²) in [5, 5.41) is 11.6. The number of likely N-dealkylation sites (N-methyl/N-ethyl adjacent to an activating group) is 2. The summed E-state index contributed by atoms with van der Waals surface area (Å²) in [5.74, 6) is 0.910. The fourth-order valence-electron chi connectivity index (χ4n) is 3.77. The van der Waals surface area contributed by atoms with Gasteiger partial charge in [0.1, 0.15) is 30.6 Å². The topological polar surface area (TPSA) is 94.4 Å². The fourth-order valence-corrected chi connectivity index (χ4v) is 3.77. The molecule has 2 aliphatic heterocycles. The predicted octanol–water partition coefficient (Wildman–Crippen LogP) is 2.73. The lowest BCUT2D eigenvalue weighted by atomic mass is 10.1. The first-order valence-electron chi connectivity index (χ1n) is 9.82. The number of para-hydroxylation sites is 2. The van der Waals surface area contributed by atoms with Crippen LogP contribution in [-0.2, 0) is 0 Å². The minimum absolute atomic E-state index is 0.0321. The van der Waals surface area contributed by atoms with E-state index in [1.54, 1.807) is 7.05 Å². The van der Waals surface area contributed by atoms with E-state index in [4.69, 9.17) is 14.2 Å². The van der Waals surface area contributed by atoms with Gasteiger partial charge in [0.25, 0.3) is 11.6 Å². The van der Waals surface area contributed by atoms with Gasteiger partial charge >= 0.3 is 0 Å². The number of ether oxygens (including phenoxy) is 3. The molecule has 1 amide bonds. The standard InChI is InChI=1S/C21H23N3O6/c1-3-23-13-14(30-18-7-5-4-6-16(18)23)12-22(2)21(25)15-10-19-20(29-9-8-28-19)11-17(15)24(26)27/h4-7,10-11,14H,3,8-9,12-13H2,1-2H3/t14-/m0/s1. The molecule has 30 heavy (non-hydrogen) atoms. The number of amides is 1. The van der Waals surface area contributed by atoms with Crippen LogP contribution in [0.3, 0.4) is 0 Å². The lowest BCUT2D eigenvalue weighted by Gasteiger charge is -2.37. The Kier molecular flexibility index (Phi) is 5.35. The molecule has 0 radical (unpaired) electrons. The van der Waals surface area contributed by atoms with E-state index in [-0.39, 0.29) is 29.6 Å². The van der Waals surface area contributed by atoms with Gasteiger partial charge in [0.2, 0.25) is 0 Å². The molecule has 0 aromatic heterocycles. The summed E-state index contributed by atoms with van der Waals surface area (Å²) in [4.78, 5) is 27.7. The third-order valence-electron chi connectivity index (χ3n) is 5.22. The molecule has 9 nitrogen and oxygen atoms in total. The molecule has 0 spiro atoms. The molecule has 4 rings (SSSR count). The molecule has 2 aromatic rings. The number of benzene rings is 2. The first kappa shape index (κ1) is 19.8. The Hall–Kier alpha value is -3.49. The minimum atomic E-state index is -0.578. The highest BCUT2D eigenvalue weighted by atomic mass is 16.6. The molecule has 0 saturated carbocycles. The van der Waals surface area contributed by atoms with Gasteiger partial charge in [0.15, 0.2) is 11.5 Å². The number of fused-ring (bicyclic) bond motifs is 2. The highest BCUT2D eigenvalue weighted by Crippen LogP contribution is 2.37. The van der Waals surface area contributed by atoms with Crippen LogP contribution in [0.15, 0.2) is 36.4 Å². The summed E-state index contributed by atoms with van der Waals surface area (Å²) in [7, 11) is 1.61. The van der Waals surface area contributed by atoms with Crippen LogP contribution < -0.4 is 19.1 Å². The van der Waals surface area contributed by atoms with Gasteiger partial charge in [0, 0.05) is 19.7 Å². The van der Waals surface area contributed by atoms with Gasteiger partial charge in [-0.3, -0.25) is 14.9 Å². The maximum absolute atomic E-state index is 13.1. The van der Waals surface area contributed by atoms with E-state index in [0.29, 0.717) is 25.5 Å². The number of nitrogens with zero attached hydrogens (tertiary/aromatic N) is 3. The van der Waals surface area contributed by atoms with Crippen molar-refractivity contribution in [2.45, 2.75) is 13.0 Å². The normalized spacial score (nSPS) is 17.0. The maximum atomic E-state index is 13.1. The van der Waals surface area contributed by atoms with Crippen LogP contribution in [0.5, 0.6) is 17.2 Å². The van der Waals surface area contributed by atoms with Gasteiger partial charge in [-0.2, -0.15) is 0 Å². The Bertz CT molecular complexity index is 979. The molecular formula is C21H23N3O6. The zero-order valence-electron chi connectivity index (χ0n) is 16.9. The number of nitro groups is 1. The molecule has 158 valence electrons. The lowest BCUT2D eigenvalue weighted by molar-refractivity contribution is -0.385. The highest BCUT2D eigenvalue weighted by Gasteiger charge is 2.31. The second-order valence-corrected chi connectivity index (χ2v) is 7.20. The Morgan fingerprint density at radius 2 is 1.90 bits per heavy atom. The van der Waals surface area contributed by atoms with Crippen molar-refractivity contribution in [2.24, 2.45) is 0 Å². The van der Waals surface area contributed by atoms with Crippen LogP contribution in [0.25, 0.3) is 0 Å². The molecule has 0 saturated heterocycles. The molecular weight excluding hydrogens is 390 g/mol. The van der Waals surface area contributed by atoms with Crippen LogP contribution in [0.4, 0.5) is 11.4 Å². The summed E-state index contributed by atoms with van der Waals surface area (Å²) >= 11 is 0. The van der Waals surface area contributed by atoms with Gasteiger partial charge in [-0.1, -0.05) is 12.1 Å². The molecule has 9 heteroatoms. The third kappa shape index (κ3) is 3.70. The number of nitro benzene ring substituents is 1. The van der Waals surface area contributed by atoms with Gasteiger partial charge in [-0.15, -0.1) is 0 Å². The highest BCUT2D eigenvalue weighted by molar-refractivity contribution is 5.99. The summed E-state index contributed by atoms with van der Waals surface area (Å²) in [6.07, 6.45) is -0.259. The average Bonchev–Trinajstić information content (AvgIpc) is 2.76. The van der Waals surface area contributed by atoms with Crippen molar-refractivity contribution in [3.8, 4) is 17.2 Å². The number of hydrogen-bond donors (Lipinski definition) is 0. The van der Waals surface area contributed by atoms with Crippen LogP contribution in [0.2, 0.25) is 0 Å². The van der Waals surface area contributed by atoms with E-state index >= 15 is 0 Å². The van der Waals surface area contributed by atoms with Crippen LogP contribution in [-0.4, -0.2) is 61.7 Å². The van der Waals surface area contributed by atoms with Gasteiger partial charge in [-0.05, 0) is 19.1 Å². The fraction of sp³-hybridized carbons (Fsp3) is 0.381. The third-order valence-corrected chi connectivity index (χ3v) is 5.22. The number of carbonyl (C=O) groups is 1. The maximum Gasteiger partial charge on any atom is 0.286 e. The molecule has 0 aliphatic carbocycles. The Balaban J connectivity index is 1.55. The first-order chi connectivity index (χ1) is 14.5. The number of carbonyl (C=O) groups excluding carboxylic acids is 1. The van der Waals surface area contributed by atoms with E-state index in [9.17, 15) is 14.9 Å². The van der Waals surface area contributed by atoms with Crippen molar-refractivity contribution in [3.63, 3.8) is 0 Å². The molecule has 2 heterocycles. The molecule has 1 atom stereocenters. The number of hydrogen-bond acceptors (Lipinski definition) is 7. The van der Waals surface area contributed by atoms with Gasteiger partial charge < -0.3 is 24.0 Å². The summed E-state index contributed by atoms with van der Waals surface area (Å²) in [6.45, 7) is 4.42. The van der Waals surface area contributed by atoms with E-state index in [1.807, 2.05) is 24.3 Å². The van der Waals surface area contributed by atoms with Crippen LogP contribution in [0, 0.1) is 10.1 Å². The van der Waals surface area contributed by atoms with Crippen LogP contribution >= 0.6 is 0 Å². The van der Waals surface area contributed by atoms with E-state index in [1.165, 1.54) is 17.0 Å². The zero-order chi connectivity index (χ0) is 21.3. The largest absolute Gasteiger partial charge is 0.486 e. The first-order valence-corrected chi connectivity index (χ1v) is 9.82. The molecule has 0 fully saturated rings. The monoisotopic (exact) mass is 413 g/mol. The van der Waals surface area contributed by atoms with Gasteiger partial charge in [0.05, 0.1) is 29.8 Å². The lowest BCUT2D eigenvalue weighted by Crippen LogP contribution is -2.46. The quantitative estimate of drug-likeness (QED) is 0.549. The molecule has 0 unspecified atom stereocenters. The predicted molar refractivity (Wildman–Crippen MR) is 110 cm³/mol. The zero-order valence-corrected chi connectivity index (χ0v) is 16.9. The second-order valence-electron chi connectivity index (χ2n) is 7.20. The summed E-state index contributed by atoms with van der Waals surface area (Å²) in [6, 6.07) is 10.4. The molecule has 2 aliphatic rings. The van der Waals surface area contributed by atoms with Crippen molar-refractivity contribution in [3.05, 3.63) is 52.1 Å². The average molecular weight is 413 g/mol. The Morgan fingerprint density at radius 1 is 1.20 bits per heavy atom. The number of anilines is 1. The van der Waals surface area contributed by atoms with Crippen molar-refractivity contribution in [2.75, 3.05) is 44.8 Å². The van der Waals surface area contributed by atoms with Crippen molar-refractivity contribution in [1.29, 1.82) is 0 Å². The number of rotatable bonds is 5. The van der Waals surface area contributed by atoms with E-state index in [0.717, 1.165) is 18.0 Å². The molecule has 2 aromatic carbocycles. The minimum Gasteiger partial charge on any atom is -0.486 e. The second kappa shape index (κ2) is 8.10. The molecule has 0 bridgehead atoms. The smallest absolute Gasteiger partial charge is 0.286 e. The van der Waals surface area contributed by atoms with E-state index in [2.05, 4.69) is 11.8 Å². The Labute approximate surface area is 173 Å². The Morgan fingerprint density at radius 3 is 2.60 bits per heavy atom. The summed E-state index contributed by atoms with van der Waals surface area (Å²) in [5.41, 5.74) is 0.684.